The third-order valence-corrected chi connectivity index (χ3v) is 4.46. The molecule has 0 saturated heterocycles. The number of aliphatic hydroxyl groups excluding tert-OH is 1. The minimum atomic E-state index is -0.218. The van der Waals surface area contributed by atoms with E-state index in [9.17, 15) is 4.39 Å². The van der Waals surface area contributed by atoms with Gasteiger partial charge in [-0.2, -0.15) is 0 Å². The van der Waals surface area contributed by atoms with Gasteiger partial charge >= 0.3 is 0 Å². The molecule has 0 radical (unpaired) electrons. The van der Waals surface area contributed by atoms with Crippen molar-refractivity contribution < 1.29 is 9.50 Å². The highest BCUT2D eigenvalue weighted by molar-refractivity contribution is 5.71. The summed E-state index contributed by atoms with van der Waals surface area (Å²) in [6, 6.07) is 21.4. The third kappa shape index (κ3) is 4.15. The molecule has 3 aromatic rings. The second-order valence-electron chi connectivity index (χ2n) is 6.31. The molecular weight excluding hydrogens is 311 g/mol. The van der Waals surface area contributed by atoms with E-state index >= 15 is 0 Å². The fraction of sp³-hybridized carbons (Fsp3) is 0.217. The first-order valence-corrected chi connectivity index (χ1v) is 8.80. The molecule has 1 N–H and O–H groups in total. The molecule has 0 heterocycles. The monoisotopic (exact) mass is 334 g/mol. The van der Waals surface area contributed by atoms with Crippen molar-refractivity contribution in [3.63, 3.8) is 0 Å². The van der Waals surface area contributed by atoms with Gasteiger partial charge in [0.2, 0.25) is 0 Å². The first-order chi connectivity index (χ1) is 12.2. The number of hydrogen-bond acceptors (Lipinski definition) is 1. The molecule has 0 aromatic heterocycles. The van der Waals surface area contributed by atoms with Crippen LogP contribution in [0.5, 0.6) is 0 Å². The molecule has 0 aliphatic carbocycles. The second-order valence-corrected chi connectivity index (χ2v) is 6.31. The lowest BCUT2D eigenvalue weighted by Crippen LogP contribution is -1.91. The van der Waals surface area contributed by atoms with Gasteiger partial charge in [0.05, 0.1) is 0 Å². The maximum absolute atomic E-state index is 14.6. The van der Waals surface area contributed by atoms with Crippen LogP contribution in [-0.2, 0) is 12.8 Å². The van der Waals surface area contributed by atoms with Gasteiger partial charge in [0.15, 0.2) is 0 Å². The summed E-state index contributed by atoms with van der Waals surface area (Å²) in [7, 11) is 0. The number of hydrogen-bond donors (Lipinski definition) is 1. The minimum absolute atomic E-state index is 0.124. The van der Waals surface area contributed by atoms with Crippen molar-refractivity contribution >= 4 is 0 Å². The Labute approximate surface area is 148 Å². The van der Waals surface area contributed by atoms with E-state index in [0.717, 1.165) is 35.1 Å². The summed E-state index contributed by atoms with van der Waals surface area (Å²) in [4.78, 5) is 0. The molecule has 0 amide bonds. The average Bonchev–Trinajstić information content (AvgIpc) is 2.64. The van der Waals surface area contributed by atoms with Crippen molar-refractivity contribution in [2.75, 3.05) is 6.61 Å². The first-order valence-electron chi connectivity index (χ1n) is 8.80. The highest BCUT2D eigenvalue weighted by Crippen LogP contribution is 2.28. The molecule has 0 atom stereocenters. The lowest BCUT2D eigenvalue weighted by atomic mass is 9.97. The van der Waals surface area contributed by atoms with E-state index in [1.165, 1.54) is 5.56 Å². The predicted molar refractivity (Wildman–Crippen MR) is 102 cm³/mol. The van der Waals surface area contributed by atoms with Crippen LogP contribution in [0.25, 0.3) is 22.3 Å². The zero-order valence-corrected chi connectivity index (χ0v) is 14.5. The van der Waals surface area contributed by atoms with Crippen molar-refractivity contribution in [1.29, 1.82) is 0 Å². The van der Waals surface area contributed by atoms with E-state index in [-0.39, 0.29) is 12.4 Å². The molecule has 25 heavy (non-hydrogen) atoms. The van der Waals surface area contributed by atoms with Crippen molar-refractivity contribution in [3.8, 4) is 22.3 Å². The van der Waals surface area contributed by atoms with Crippen LogP contribution < -0.4 is 0 Å². The van der Waals surface area contributed by atoms with Gasteiger partial charge in [-0.15, -0.1) is 0 Å². The smallest absolute Gasteiger partial charge is 0.131 e. The molecule has 0 aliphatic rings. The molecule has 1 nitrogen and oxygen atoms in total. The summed E-state index contributed by atoms with van der Waals surface area (Å²) in [5.41, 5.74) is 5.73. The van der Waals surface area contributed by atoms with Crippen molar-refractivity contribution in [2.45, 2.75) is 26.2 Å². The van der Waals surface area contributed by atoms with E-state index in [4.69, 9.17) is 5.11 Å². The summed E-state index contributed by atoms with van der Waals surface area (Å²) >= 11 is 0. The fourth-order valence-corrected chi connectivity index (χ4v) is 3.06. The lowest BCUT2D eigenvalue weighted by Gasteiger charge is -2.09. The minimum Gasteiger partial charge on any atom is -0.396 e. The second kappa shape index (κ2) is 8.09. The van der Waals surface area contributed by atoms with Crippen LogP contribution in [-0.4, -0.2) is 11.7 Å². The normalized spacial score (nSPS) is 10.8. The van der Waals surface area contributed by atoms with Gasteiger partial charge in [-0.25, -0.2) is 4.39 Å². The molecule has 3 rings (SSSR count). The van der Waals surface area contributed by atoms with Crippen LogP contribution in [0.15, 0.2) is 66.7 Å². The van der Waals surface area contributed by atoms with Gasteiger partial charge in [-0.05, 0) is 46.7 Å². The van der Waals surface area contributed by atoms with Crippen LogP contribution in [0.4, 0.5) is 4.39 Å². The SMILES string of the molecule is CCCc1ccc(-c2ccc(-c3ccc(CCO)cc3)c(F)c2)cc1. The molecule has 0 fully saturated rings. The Kier molecular flexibility index (Phi) is 5.62. The van der Waals surface area contributed by atoms with E-state index in [2.05, 4.69) is 31.2 Å². The van der Waals surface area contributed by atoms with Crippen LogP contribution >= 0.6 is 0 Å². The molecule has 0 bridgehead atoms. The first kappa shape index (κ1) is 17.4. The van der Waals surface area contributed by atoms with Gasteiger partial charge in [-0.3, -0.25) is 0 Å². The Hall–Kier alpha value is -2.45. The van der Waals surface area contributed by atoms with Crippen molar-refractivity contribution in [1.82, 2.24) is 0 Å². The molecular formula is C23H23FO. The van der Waals surface area contributed by atoms with Gasteiger partial charge in [0.1, 0.15) is 5.82 Å². The fourth-order valence-electron chi connectivity index (χ4n) is 3.06. The van der Waals surface area contributed by atoms with Gasteiger partial charge in [-0.1, -0.05) is 74.0 Å². The Morgan fingerprint density at radius 3 is 1.84 bits per heavy atom. The quantitative estimate of drug-likeness (QED) is 0.618. The Balaban J connectivity index is 1.85. The van der Waals surface area contributed by atoms with Crippen LogP contribution in [0, 0.1) is 5.82 Å². The summed E-state index contributed by atoms with van der Waals surface area (Å²) in [6.45, 7) is 2.29. The maximum atomic E-state index is 14.6. The number of aryl methyl sites for hydroxylation is 1. The molecule has 0 saturated carbocycles. The molecule has 128 valence electrons. The van der Waals surface area contributed by atoms with Gasteiger partial charge in [0.25, 0.3) is 0 Å². The Morgan fingerprint density at radius 2 is 1.28 bits per heavy atom. The summed E-state index contributed by atoms with van der Waals surface area (Å²) in [6.07, 6.45) is 2.81. The highest BCUT2D eigenvalue weighted by Gasteiger charge is 2.08. The zero-order valence-electron chi connectivity index (χ0n) is 14.5. The van der Waals surface area contributed by atoms with Crippen LogP contribution in [0.2, 0.25) is 0 Å². The largest absolute Gasteiger partial charge is 0.396 e. The zero-order chi connectivity index (χ0) is 17.6. The highest BCUT2D eigenvalue weighted by atomic mass is 19.1. The Morgan fingerprint density at radius 1 is 0.720 bits per heavy atom. The van der Waals surface area contributed by atoms with Crippen LogP contribution in [0.3, 0.4) is 0 Å². The molecule has 0 aliphatic heterocycles. The molecule has 2 heteroatoms. The average molecular weight is 334 g/mol. The molecule has 0 unspecified atom stereocenters. The number of halogens is 1. The summed E-state index contributed by atoms with van der Waals surface area (Å²) in [5.74, 6) is -0.218. The van der Waals surface area contributed by atoms with E-state index in [0.29, 0.717) is 12.0 Å². The Bertz CT molecular complexity index is 820. The molecule has 0 spiro atoms. The van der Waals surface area contributed by atoms with Gasteiger partial charge < -0.3 is 5.11 Å². The maximum Gasteiger partial charge on any atom is 0.131 e. The standard InChI is InChI=1S/C23H23FO/c1-2-3-17-4-8-19(9-5-17)21-12-13-22(23(24)16-21)20-10-6-18(7-11-20)14-15-25/h4-13,16,25H,2-3,14-15H2,1H3. The topological polar surface area (TPSA) is 20.2 Å². The van der Waals surface area contributed by atoms with Gasteiger partial charge in [0, 0.05) is 12.2 Å². The summed E-state index contributed by atoms with van der Waals surface area (Å²) in [5, 5.41) is 8.98. The molecule has 3 aromatic carbocycles. The predicted octanol–water partition coefficient (Wildman–Crippen LogP) is 5.65. The van der Waals surface area contributed by atoms with Crippen molar-refractivity contribution in [3.05, 3.63) is 83.7 Å². The third-order valence-electron chi connectivity index (χ3n) is 4.46. The van der Waals surface area contributed by atoms with Crippen LogP contribution in [0.1, 0.15) is 24.5 Å². The van der Waals surface area contributed by atoms with E-state index in [1.807, 2.05) is 36.4 Å². The summed E-state index contributed by atoms with van der Waals surface area (Å²) < 4.78 is 14.6. The number of aliphatic hydroxyl groups is 1. The number of rotatable bonds is 6. The number of benzene rings is 3. The lowest BCUT2D eigenvalue weighted by molar-refractivity contribution is 0.299. The van der Waals surface area contributed by atoms with Crippen molar-refractivity contribution in [2.24, 2.45) is 0 Å². The van der Waals surface area contributed by atoms with E-state index < -0.39 is 0 Å². The van der Waals surface area contributed by atoms with E-state index in [1.54, 1.807) is 6.07 Å².